The Morgan fingerprint density at radius 1 is 0.895 bits per heavy atom. The third-order valence-corrected chi connectivity index (χ3v) is 24.6. The number of esters is 1. The van der Waals surface area contributed by atoms with Crippen molar-refractivity contribution >= 4 is 76.8 Å². The molecule has 212 valence electrons. The predicted molar refractivity (Wildman–Crippen MR) is 152 cm³/mol. The van der Waals surface area contributed by atoms with Crippen molar-refractivity contribution in [1.29, 1.82) is 0 Å². The van der Waals surface area contributed by atoms with Crippen LogP contribution < -0.4 is 16.7 Å². The number of carbonyl (C=O) groups excluding carboxylic acids is 2. The van der Waals surface area contributed by atoms with Gasteiger partial charge in [-0.3, -0.25) is 0 Å². The van der Waals surface area contributed by atoms with Gasteiger partial charge in [-0.05, 0) is 0 Å². The SMILES string of the molecule is CC(C)(C)C(=O)COc1ccc([Te](I)(I)c2ccc(OC(=O)CCC(F)(F)C(F)(F)S(=O)(=O)O)cc2)cc1. The van der Waals surface area contributed by atoms with E-state index in [0.29, 0.717) is 5.75 Å². The molecule has 0 unspecified atom stereocenters. The van der Waals surface area contributed by atoms with Crippen molar-refractivity contribution in [3.05, 3.63) is 48.5 Å². The molecular weight excluding hydrogens is 878 g/mol. The topological polar surface area (TPSA) is 107 Å². The first-order valence-electron chi connectivity index (χ1n) is 10.7. The summed E-state index contributed by atoms with van der Waals surface area (Å²) in [5, 5.41) is -5.74. The monoisotopic (exact) mass is 904 g/mol. The van der Waals surface area contributed by atoms with Gasteiger partial charge < -0.3 is 0 Å². The van der Waals surface area contributed by atoms with Crippen molar-refractivity contribution in [3.8, 4) is 11.5 Å². The van der Waals surface area contributed by atoms with Gasteiger partial charge in [0.25, 0.3) is 0 Å². The van der Waals surface area contributed by atoms with E-state index in [1.165, 1.54) is 12.1 Å². The first-order chi connectivity index (χ1) is 17.2. The van der Waals surface area contributed by atoms with Gasteiger partial charge in [0.1, 0.15) is 0 Å². The second-order valence-corrected chi connectivity index (χ2v) is 44.9. The Labute approximate surface area is 241 Å². The fourth-order valence-corrected chi connectivity index (χ4v) is 14.5. The normalized spacial score (nSPS) is 13.6. The maximum atomic E-state index is 13.6. The summed E-state index contributed by atoms with van der Waals surface area (Å²) < 4.78 is 95.6. The van der Waals surface area contributed by atoms with Crippen LogP contribution in [0, 0.1) is 5.41 Å². The number of ether oxygens (including phenoxy) is 2. The molecule has 0 aromatic heterocycles. The Morgan fingerprint density at radius 2 is 1.34 bits per heavy atom. The molecule has 0 spiro atoms. The summed E-state index contributed by atoms with van der Waals surface area (Å²) in [6.07, 6.45) is -3.06. The second kappa shape index (κ2) is 12.4. The molecule has 0 saturated heterocycles. The number of rotatable bonds is 11. The van der Waals surface area contributed by atoms with Gasteiger partial charge in [0, 0.05) is 0 Å². The first-order valence-corrected chi connectivity index (χ1v) is 28.1. The van der Waals surface area contributed by atoms with E-state index >= 15 is 0 Å². The molecule has 0 atom stereocenters. The zero-order chi connectivity index (χ0) is 29.2. The molecule has 1 N–H and O–H groups in total. The third-order valence-electron chi connectivity index (χ3n) is 5.07. The number of ketones is 1. The molecule has 0 aliphatic heterocycles. The summed E-state index contributed by atoms with van der Waals surface area (Å²) in [7, 11) is -9.28. The Balaban J connectivity index is 2.02. The molecule has 0 aliphatic carbocycles. The van der Waals surface area contributed by atoms with E-state index in [1.807, 2.05) is 32.9 Å². The molecule has 0 heterocycles. The average Bonchev–Trinajstić information content (AvgIpc) is 2.80. The predicted octanol–water partition coefficient (Wildman–Crippen LogP) is 4.91. The van der Waals surface area contributed by atoms with Crippen molar-refractivity contribution in [2.75, 3.05) is 6.61 Å². The molecule has 0 bridgehead atoms. The zero-order valence-corrected chi connectivity index (χ0v) is 27.7. The molecule has 38 heavy (non-hydrogen) atoms. The van der Waals surface area contributed by atoms with Crippen LogP contribution >= 0.6 is 37.4 Å². The van der Waals surface area contributed by atoms with Gasteiger partial charge in [0.15, 0.2) is 0 Å². The summed E-state index contributed by atoms with van der Waals surface area (Å²) in [5.74, 6) is -5.94. The number of hydrogen-bond acceptors (Lipinski definition) is 6. The van der Waals surface area contributed by atoms with Gasteiger partial charge in [0.2, 0.25) is 0 Å². The van der Waals surface area contributed by atoms with Crippen molar-refractivity contribution in [2.24, 2.45) is 5.41 Å². The van der Waals surface area contributed by atoms with Gasteiger partial charge in [0.05, 0.1) is 0 Å². The molecule has 2 aromatic rings. The number of halogens is 6. The average molecular weight is 902 g/mol. The molecule has 2 aromatic carbocycles. The number of hydrogen-bond donors (Lipinski definition) is 1. The summed E-state index contributed by atoms with van der Waals surface area (Å²) in [4.78, 5) is 23.9. The Bertz CT molecular complexity index is 1260. The summed E-state index contributed by atoms with van der Waals surface area (Å²) in [6.45, 7) is 5.41. The van der Waals surface area contributed by atoms with Crippen LogP contribution in [0.2, 0.25) is 0 Å². The molecule has 7 nitrogen and oxygen atoms in total. The van der Waals surface area contributed by atoms with E-state index in [0.717, 1.165) is 7.22 Å². The van der Waals surface area contributed by atoms with Crippen molar-refractivity contribution < 1.29 is 49.6 Å². The standard InChI is InChI=1S/C23H24F4I2O7STe/c1-21(2,3)19(30)14-35-15-4-8-17(9-5-15)38(28,29)18-10-6-16(7-11-18)36-20(31)12-13-22(24,25)23(26,27)37(32,33)34/h4-11H,12-14H2,1-3H3,(H,32,33,34). The van der Waals surface area contributed by atoms with E-state index in [2.05, 4.69) is 37.4 Å². The summed E-state index contributed by atoms with van der Waals surface area (Å²) in [5.41, 5.74) is -0.502. The Hall–Kier alpha value is -0.740. The van der Waals surface area contributed by atoms with E-state index in [1.54, 1.807) is 24.3 Å². The quantitative estimate of drug-likeness (QED) is 0.0855. The van der Waals surface area contributed by atoms with Crippen molar-refractivity contribution in [2.45, 2.75) is 44.8 Å². The van der Waals surface area contributed by atoms with Crippen molar-refractivity contribution in [1.82, 2.24) is 0 Å². The van der Waals surface area contributed by atoms with E-state index in [4.69, 9.17) is 14.0 Å². The van der Waals surface area contributed by atoms with Crippen LogP contribution in [0.3, 0.4) is 0 Å². The molecule has 0 aliphatic rings. The minimum atomic E-state index is -6.38. The molecular formula is C23H24F4I2O7STe. The summed E-state index contributed by atoms with van der Waals surface area (Å²) >= 11 is 4.77. The first kappa shape index (κ1) is 33.5. The van der Waals surface area contributed by atoms with Gasteiger partial charge in [-0.25, -0.2) is 0 Å². The van der Waals surface area contributed by atoms with Crippen molar-refractivity contribution in [3.63, 3.8) is 0 Å². The van der Waals surface area contributed by atoms with Crippen LogP contribution in [0.15, 0.2) is 48.5 Å². The van der Waals surface area contributed by atoms with Crippen LogP contribution in [0.1, 0.15) is 33.6 Å². The fourth-order valence-electron chi connectivity index (χ4n) is 2.66. The second-order valence-electron chi connectivity index (χ2n) is 9.04. The molecule has 2 rings (SSSR count). The van der Waals surface area contributed by atoms with Gasteiger partial charge in [-0.1, -0.05) is 0 Å². The molecule has 15 heteroatoms. The third kappa shape index (κ3) is 8.38. The van der Waals surface area contributed by atoms with E-state index < -0.39 is 55.8 Å². The molecule has 0 saturated carbocycles. The number of carbonyl (C=O) groups is 2. The van der Waals surface area contributed by atoms with Gasteiger partial charge in [-0.15, -0.1) is 0 Å². The van der Waals surface area contributed by atoms with Crippen LogP contribution in [0.5, 0.6) is 11.5 Å². The van der Waals surface area contributed by atoms with Gasteiger partial charge >= 0.3 is 243 Å². The van der Waals surface area contributed by atoms with E-state index in [9.17, 15) is 35.6 Å². The van der Waals surface area contributed by atoms with Crippen LogP contribution in [-0.4, -0.2) is 52.8 Å². The summed E-state index contributed by atoms with van der Waals surface area (Å²) in [6, 6.07) is 13.7. The van der Waals surface area contributed by atoms with E-state index in [-0.39, 0.29) is 18.1 Å². The minimum absolute atomic E-state index is 0.0118. The Kier molecular flexibility index (Phi) is 10.9. The number of Topliss-reactive ketones (excluding diaryl/α,β-unsaturated/α-hetero) is 1. The maximum absolute atomic E-state index is 13.6. The molecule has 0 amide bonds. The molecule has 0 fully saturated rings. The van der Waals surface area contributed by atoms with Crippen LogP contribution in [0.25, 0.3) is 0 Å². The fraction of sp³-hybridized carbons (Fsp3) is 0.391. The number of alkyl halides is 4. The van der Waals surface area contributed by atoms with Crippen LogP contribution in [-0.2, 0) is 19.7 Å². The van der Waals surface area contributed by atoms with Crippen LogP contribution in [0.4, 0.5) is 17.6 Å². The Morgan fingerprint density at radius 3 is 1.76 bits per heavy atom. The molecule has 0 radical (unpaired) electrons. The number of benzene rings is 2. The zero-order valence-electron chi connectivity index (χ0n) is 20.2. The van der Waals surface area contributed by atoms with Gasteiger partial charge in [-0.2, -0.15) is 0 Å².